The Balaban J connectivity index is 2.28. The highest BCUT2D eigenvalue weighted by atomic mass is 16.5. The molecule has 0 unspecified atom stereocenters. The number of ether oxygens (including phenoxy) is 1. The minimum absolute atomic E-state index is 0.0294. The van der Waals surface area contributed by atoms with Gasteiger partial charge < -0.3 is 10.1 Å². The van der Waals surface area contributed by atoms with Crippen LogP contribution in [0.5, 0.6) is 0 Å². The van der Waals surface area contributed by atoms with Crippen molar-refractivity contribution in [1.29, 1.82) is 0 Å². The van der Waals surface area contributed by atoms with Gasteiger partial charge in [-0.15, -0.1) is 0 Å². The predicted octanol–water partition coefficient (Wildman–Crippen LogP) is 4.94. The molecule has 128 valence electrons. The molecule has 0 radical (unpaired) electrons. The molecule has 23 heavy (non-hydrogen) atoms. The average molecular weight is 319 g/mol. The first kappa shape index (κ1) is 19.2. The third kappa shape index (κ3) is 8.38. The van der Waals surface area contributed by atoms with Gasteiger partial charge in [0.1, 0.15) is 0 Å². The van der Waals surface area contributed by atoms with Crippen LogP contribution in [-0.4, -0.2) is 18.5 Å². The molecular weight excluding hydrogens is 290 g/mol. The predicted molar refractivity (Wildman–Crippen MR) is 93.6 cm³/mol. The van der Waals surface area contributed by atoms with E-state index in [0.29, 0.717) is 24.3 Å². The first-order valence-electron chi connectivity index (χ1n) is 8.74. The minimum atomic E-state index is -0.322. The second-order valence-corrected chi connectivity index (χ2v) is 5.78. The van der Waals surface area contributed by atoms with Gasteiger partial charge in [-0.1, -0.05) is 46.0 Å². The molecule has 0 bridgehead atoms. The summed E-state index contributed by atoms with van der Waals surface area (Å²) in [5.41, 5.74) is 1.22. The van der Waals surface area contributed by atoms with E-state index in [9.17, 15) is 9.59 Å². The number of unbranched alkanes of at least 4 members (excludes halogenated alkanes) is 5. The van der Waals surface area contributed by atoms with Crippen molar-refractivity contribution in [3.8, 4) is 0 Å². The molecular formula is C19H29NO3. The van der Waals surface area contributed by atoms with Gasteiger partial charge in [-0.05, 0) is 37.1 Å². The molecule has 0 spiro atoms. The molecule has 0 saturated carbocycles. The smallest absolute Gasteiger partial charge is 0.338 e. The molecule has 0 aliphatic rings. The van der Waals surface area contributed by atoms with Crippen LogP contribution in [-0.2, 0) is 9.53 Å². The van der Waals surface area contributed by atoms with E-state index in [1.165, 1.54) is 25.7 Å². The van der Waals surface area contributed by atoms with Gasteiger partial charge in [0.05, 0.1) is 12.2 Å². The normalized spacial score (nSPS) is 10.3. The number of rotatable bonds is 11. The first-order chi connectivity index (χ1) is 11.2. The van der Waals surface area contributed by atoms with Crippen LogP contribution in [0.15, 0.2) is 24.3 Å². The van der Waals surface area contributed by atoms with Gasteiger partial charge in [0, 0.05) is 12.1 Å². The Bertz CT molecular complexity index is 468. The number of esters is 1. The zero-order valence-electron chi connectivity index (χ0n) is 14.4. The third-order valence-electron chi connectivity index (χ3n) is 3.60. The van der Waals surface area contributed by atoms with Crippen molar-refractivity contribution in [2.75, 3.05) is 11.9 Å². The summed E-state index contributed by atoms with van der Waals surface area (Å²) in [6, 6.07) is 6.83. The Kier molecular flexibility index (Phi) is 9.76. The number of hydrogen-bond acceptors (Lipinski definition) is 3. The van der Waals surface area contributed by atoms with Gasteiger partial charge in [0.25, 0.3) is 0 Å². The number of nitrogens with one attached hydrogen (secondary N) is 1. The van der Waals surface area contributed by atoms with Crippen LogP contribution in [0.4, 0.5) is 5.69 Å². The molecule has 0 heterocycles. The summed E-state index contributed by atoms with van der Waals surface area (Å²) < 4.78 is 5.07. The second kappa shape index (κ2) is 11.7. The number of anilines is 1. The molecule has 4 heteroatoms. The molecule has 1 aromatic carbocycles. The van der Waals surface area contributed by atoms with E-state index in [4.69, 9.17) is 4.74 Å². The van der Waals surface area contributed by atoms with Gasteiger partial charge in [0.2, 0.25) is 5.91 Å². The zero-order valence-corrected chi connectivity index (χ0v) is 14.4. The molecule has 4 nitrogen and oxygen atoms in total. The summed E-state index contributed by atoms with van der Waals surface area (Å²) in [7, 11) is 0. The summed E-state index contributed by atoms with van der Waals surface area (Å²) in [5.74, 6) is -0.293. The molecule has 1 aromatic rings. The molecule has 0 atom stereocenters. The Labute approximate surface area is 139 Å². The van der Waals surface area contributed by atoms with Crippen LogP contribution in [0.1, 0.15) is 75.6 Å². The standard InChI is InChI=1S/C19H29NO3/c1-3-5-6-7-8-9-10-18(21)20-17-13-11-16(12-14-17)19(22)23-15-4-2/h11-14H,3-10,15H2,1-2H3,(H,20,21). The summed E-state index contributed by atoms with van der Waals surface area (Å²) in [6.45, 7) is 4.58. The van der Waals surface area contributed by atoms with Crippen molar-refractivity contribution >= 4 is 17.6 Å². The van der Waals surface area contributed by atoms with Crippen LogP contribution in [0.25, 0.3) is 0 Å². The van der Waals surface area contributed by atoms with Crippen LogP contribution >= 0.6 is 0 Å². The minimum Gasteiger partial charge on any atom is -0.462 e. The zero-order chi connectivity index (χ0) is 16.9. The highest BCUT2D eigenvalue weighted by molar-refractivity contribution is 5.93. The monoisotopic (exact) mass is 319 g/mol. The SMILES string of the molecule is CCCCCCCCC(=O)Nc1ccc(C(=O)OCCC)cc1. The van der Waals surface area contributed by atoms with Crippen molar-refractivity contribution in [2.24, 2.45) is 0 Å². The molecule has 0 aromatic heterocycles. The van der Waals surface area contributed by atoms with Gasteiger partial charge in [0.15, 0.2) is 0 Å². The van der Waals surface area contributed by atoms with Crippen LogP contribution in [0.2, 0.25) is 0 Å². The fraction of sp³-hybridized carbons (Fsp3) is 0.579. The Morgan fingerprint density at radius 1 is 0.913 bits per heavy atom. The van der Waals surface area contributed by atoms with Crippen LogP contribution in [0, 0.1) is 0 Å². The topological polar surface area (TPSA) is 55.4 Å². The Morgan fingerprint density at radius 3 is 2.22 bits per heavy atom. The lowest BCUT2D eigenvalue weighted by Gasteiger charge is -2.07. The summed E-state index contributed by atoms with van der Waals surface area (Å²) in [5, 5.41) is 2.86. The lowest BCUT2D eigenvalue weighted by Crippen LogP contribution is -2.11. The van der Waals surface area contributed by atoms with Crippen molar-refractivity contribution < 1.29 is 14.3 Å². The van der Waals surface area contributed by atoms with E-state index in [1.807, 2.05) is 6.92 Å². The number of carbonyl (C=O) groups excluding carboxylic acids is 2. The Morgan fingerprint density at radius 2 is 1.57 bits per heavy atom. The van der Waals surface area contributed by atoms with Crippen molar-refractivity contribution in [3.63, 3.8) is 0 Å². The van der Waals surface area contributed by atoms with Gasteiger partial charge in [-0.2, -0.15) is 0 Å². The third-order valence-corrected chi connectivity index (χ3v) is 3.60. The van der Waals surface area contributed by atoms with Gasteiger partial charge in [-0.25, -0.2) is 4.79 Å². The summed E-state index contributed by atoms with van der Waals surface area (Å²) >= 11 is 0. The van der Waals surface area contributed by atoms with E-state index in [0.717, 1.165) is 19.3 Å². The molecule has 0 aliphatic carbocycles. The van der Waals surface area contributed by atoms with E-state index in [-0.39, 0.29) is 11.9 Å². The van der Waals surface area contributed by atoms with E-state index >= 15 is 0 Å². The average Bonchev–Trinajstić information content (AvgIpc) is 2.56. The van der Waals surface area contributed by atoms with Gasteiger partial charge in [-0.3, -0.25) is 4.79 Å². The molecule has 0 fully saturated rings. The molecule has 1 amide bonds. The number of benzene rings is 1. The van der Waals surface area contributed by atoms with Crippen molar-refractivity contribution in [2.45, 2.75) is 65.2 Å². The van der Waals surface area contributed by atoms with Crippen LogP contribution in [0.3, 0.4) is 0 Å². The number of carbonyl (C=O) groups is 2. The fourth-order valence-corrected chi connectivity index (χ4v) is 2.26. The molecule has 1 rings (SSSR count). The second-order valence-electron chi connectivity index (χ2n) is 5.78. The summed E-state index contributed by atoms with van der Waals surface area (Å²) in [6.07, 6.45) is 8.36. The fourth-order valence-electron chi connectivity index (χ4n) is 2.26. The Hall–Kier alpha value is -1.84. The maximum atomic E-state index is 11.9. The lowest BCUT2D eigenvalue weighted by molar-refractivity contribution is -0.116. The largest absolute Gasteiger partial charge is 0.462 e. The highest BCUT2D eigenvalue weighted by Gasteiger charge is 2.07. The quantitative estimate of drug-likeness (QED) is 0.464. The number of hydrogen-bond donors (Lipinski definition) is 1. The number of amides is 1. The van der Waals surface area contributed by atoms with Crippen molar-refractivity contribution in [1.82, 2.24) is 0 Å². The van der Waals surface area contributed by atoms with E-state index in [1.54, 1.807) is 24.3 Å². The maximum Gasteiger partial charge on any atom is 0.338 e. The molecule has 1 N–H and O–H groups in total. The lowest BCUT2D eigenvalue weighted by atomic mass is 10.1. The summed E-state index contributed by atoms with van der Waals surface area (Å²) in [4.78, 5) is 23.5. The van der Waals surface area contributed by atoms with E-state index < -0.39 is 0 Å². The molecule has 0 aliphatic heterocycles. The highest BCUT2D eigenvalue weighted by Crippen LogP contribution is 2.12. The first-order valence-corrected chi connectivity index (χ1v) is 8.74. The maximum absolute atomic E-state index is 11.9. The van der Waals surface area contributed by atoms with Gasteiger partial charge >= 0.3 is 5.97 Å². The van der Waals surface area contributed by atoms with Crippen LogP contribution < -0.4 is 5.32 Å². The van der Waals surface area contributed by atoms with Crippen molar-refractivity contribution in [3.05, 3.63) is 29.8 Å². The van der Waals surface area contributed by atoms with E-state index in [2.05, 4.69) is 12.2 Å². The molecule has 0 saturated heterocycles.